The van der Waals surface area contributed by atoms with Crippen LogP contribution in [0.4, 0.5) is 4.39 Å². The highest BCUT2D eigenvalue weighted by atomic mass is 79.9. The van der Waals surface area contributed by atoms with E-state index in [0.717, 1.165) is 25.7 Å². The molecule has 84 valence electrons. The molecule has 0 saturated carbocycles. The summed E-state index contributed by atoms with van der Waals surface area (Å²) in [7, 11) is 0. The van der Waals surface area contributed by atoms with E-state index in [1.54, 1.807) is 18.2 Å². The van der Waals surface area contributed by atoms with Gasteiger partial charge in [-0.3, -0.25) is 0 Å². The lowest BCUT2D eigenvalue weighted by atomic mass is 10.1. The number of aryl methyl sites for hydroxylation is 1. The first-order valence-electron chi connectivity index (χ1n) is 5.22. The van der Waals surface area contributed by atoms with Crippen LogP contribution in [0.15, 0.2) is 18.2 Å². The van der Waals surface area contributed by atoms with E-state index in [1.807, 2.05) is 0 Å². The minimum atomic E-state index is -0.268. The minimum Gasteiger partial charge on any atom is -0.205 e. The lowest BCUT2D eigenvalue weighted by Crippen LogP contribution is -2.01. The second-order valence-electron chi connectivity index (χ2n) is 3.64. The Balaban J connectivity index is 2.54. The van der Waals surface area contributed by atoms with Gasteiger partial charge in [-0.2, -0.15) is 0 Å². The molecule has 0 fully saturated rings. The first-order chi connectivity index (χ1) is 7.15. The van der Waals surface area contributed by atoms with Crippen molar-refractivity contribution in [3.8, 4) is 0 Å². The summed E-state index contributed by atoms with van der Waals surface area (Å²) < 4.78 is 13.5. The Bertz CT molecular complexity index is 314. The largest absolute Gasteiger partial charge is 0.205 e. The number of hydrogen-bond acceptors (Lipinski definition) is 0. The third-order valence-corrected chi connectivity index (χ3v) is 3.57. The Morgan fingerprint density at radius 2 is 2.13 bits per heavy atom. The van der Waals surface area contributed by atoms with Gasteiger partial charge in [0, 0.05) is 4.83 Å². The van der Waals surface area contributed by atoms with Crippen LogP contribution in [0.5, 0.6) is 0 Å². The van der Waals surface area contributed by atoms with Gasteiger partial charge in [0.25, 0.3) is 0 Å². The van der Waals surface area contributed by atoms with Gasteiger partial charge in [0.05, 0.1) is 5.02 Å². The zero-order valence-corrected chi connectivity index (χ0v) is 11.1. The number of halogens is 3. The van der Waals surface area contributed by atoms with Crippen LogP contribution in [0.25, 0.3) is 0 Å². The SMILES string of the molecule is CCCC(Br)CCc1cccc(Cl)c1F. The first-order valence-corrected chi connectivity index (χ1v) is 6.51. The van der Waals surface area contributed by atoms with Crippen LogP contribution in [0.2, 0.25) is 5.02 Å². The van der Waals surface area contributed by atoms with E-state index in [-0.39, 0.29) is 10.8 Å². The van der Waals surface area contributed by atoms with Crippen LogP contribution >= 0.6 is 27.5 Å². The molecule has 0 spiro atoms. The van der Waals surface area contributed by atoms with Crippen molar-refractivity contribution in [3.05, 3.63) is 34.6 Å². The second kappa shape index (κ2) is 6.49. The molecule has 0 nitrogen and oxygen atoms in total. The first kappa shape index (κ1) is 13.0. The van der Waals surface area contributed by atoms with Gasteiger partial charge in [0.2, 0.25) is 0 Å². The summed E-state index contributed by atoms with van der Waals surface area (Å²) in [5, 5.41) is 0.217. The molecule has 1 aromatic rings. The molecule has 0 aliphatic heterocycles. The molecule has 1 aromatic carbocycles. The van der Waals surface area contributed by atoms with E-state index < -0.39 is 0 Å². The second-order valence-corrected chi connectivity index (χ2v) is 5.34. The molecule has 1 atom stereocenters. The molecule has 0 aliphatic carbocycles. The zero-order chi connectivity index (χ0) is 11.3. The van der Waals surface area contributed by atoms with Crippen molar-refractivity contribution in [2.24, 2.45) is 0 Å². The number of benzene rings is 1. The molecule has 0 heterocycles. The van der Waals surface area contributed by atoms with E-state index in [2.05, 4.69) is 22.9 Å². The Kier molecular flexibility index (Phi) is 5.62. The number of rotatable bonds is 5. The Labute approximate surface area is 104 Å². The molecular weight excluding hydrogens is 278 g/mol. The van der Waals surface area contributed by atoms with Crippen LogP contribution in [0.3, 0.4) is 0 Å². The van der Waals surface area contributed by atoms with Gasteiger partial charge in [-0.05, 0) is 30.9 Å². The molecule has 0 bridgehead atoms. The monoisotopic (exact) mass is 292 g/mol. The van der Waals surface area contributed by atoms with Crippen molar-refractivity contribution in [3.63, 3.8) is 0 Å². The third kappa shape index (κ3) is 4.12. The number of hydrogen-bond donors (Lipinski definition) is 0. The lowest BCUT2D eigenvalue weighted by Gasteiger charge is -2.09. The number of alkyl halides is 1. The van der Waals surface area contributed by atoms with E-state index in [9.17, 15) is 4.39 Å². The van der Waals surface area contributed by atoms with Crippen molar-refractivity contribution < 1.29 is 4.39 Å². The van der Waals surface area contributed by atoms with Gasteiger partial charge < -0.3 is 0 Å². The smallest absolute Gasteiger partial charge is 0.144 e. The summed E-state index contributed by atoms with van der Waals surface area (Å²) in [5.41, 5.74) is 0.711. The molecular formula is C12H15BrClF. The van der Waals surface area contributed by atoms with E-state index in [0.29, 0.717) is 10.4 Å². The summed E-state index contributed by atoms with van der Waals surface area (Å²) in [5.74, 6) is -0.268. The topological polar surface area (TPSA) is 0 Å². The van der Waals surface area contributed by atoms with Gasteiger partial charge in [0.15, 0.2) is 0 Å². The standard InChI is InChI=1S/C12H15BrClF/c1-2-4-10(13)8-7-9-5-3-6-11(14)12(9)15/h3,5-6,10H,2,4,7-8H2,1H3. The molecule has 0 aromatic heterocycles. The van der Waals surface area contributed by atoms with Crippen LogP contribution in [0.1, 0.15) is 31.7 Å². The predicted molar refractivity (Wildman–Crippen MR) is 67.4 cm³/mol. The fraction of sp³-hybridized carbons (Fsp3) is 0.500. The van der Waals surface area contributed by atoms with Crippen molar-refractivity contribution in [1.29, 1.82) is 0 Å². The molecule has 1 rings (SSSR count). The highest BCUT2D eigenvalue weighted by Crippen LogP contribution is 2.21. The lowest BCUT2D eigenvalue weighted by molar-refractivity contribution is 0.599. The van der Waals surface area contributed by atoms with E-state index >= 15 is 0 Å². The van der Waals surface area contributed by atoms with Crippen molar-refractivity contribution in [2.75, 3.05) is 0 Å². The summed E-state index contributed by atoms with van der Waals surface area (Å²) in [6, 6.07) is 5.18. The molecule has 0 N–H and O–H groups in total. The summed E-state index contributed by atoms with van der Waals surface area (Å²) in [4.78, 5) is 0.473. The Morgan fingerprint density at radius 1 is 1.40 bits per heavy atom. The minimum absolute atomic E-state index is 0.217. The van der Waals surface area contributed by atoms with Crippen LogP contribution in [-0.4, -0.2) is 4.83 Å². The van der Waals surface area contributed by atoms with Crippen molar-refractivity contribution >= 4 is 27.5 Å². The van der Waals surface area contributed by atoms with E-state index in [4.69, 9.17) is 11.6 Å². The zero-order valence-electron chi connectivity index (χ0n) is 8.77. The molecule has 0 amide bonds. The highest BCUT2D eigenvalue weighted by Gasteiger charge is 2.08. The molecule has 0 radical (unpaired) electrons. The molecule has 1 unspecified atom stereocenters. The van der Waals surface area contributed by atoms with Crippen LogP contribution < -0.4 is 0 Å². The Hall–Kier alpha value is -0.0800. The maximum absolute atomic E-state index is 13.5. The van der Waals surface area contributed by atoms with Gasteiger partial charge in [-0.1, -0.05) is 53.0 Å². The van der Waals surface area contributed by atoms with Crippen molar-refractivity contribution in [2.45, 2.75) is 37.4 Å². The molecule has 3 heteroatoms. The van der Waals surface area contributed by atoms with Gasteiger partial charge >= 0.3 is 0 Å². The summed E-state index contributed by atoms with van der Waals surface area (Å²) >= 11 is 9.29. The fourth-order valence-electron chi connectivity index (χ4n) is 1.51. The van der Waals surface area contributed by atoms with Crippen molar-refractivity contribution in [1.82, 2.24) is 0 Å². The van der Waals surface area contributed by atoms with Crippen LogP contribution in [0, 0.1) is 5.82 Å². The molecule has 0 saturated heterocycles. The van der Waals surface area contributed by atoms with Gasteiger partial charge in [-0.15, -0.1) is 0 Å². The maximum atomic E-state index is 13.5. The van der Waals surface area contributed by atoms with Crippen LogP contribution in [-0.2, 0) is 6.42 Å². The average molecular weight is 294 g/mol. The summed E-state index contributed by atoms with van der Waals surface area (Å²) in [6.07, 6.45) is 3.96. The third-order valence-electron chi connectivity index (χ3n) is 2.36. The van der Waals surface area contributed by atoms with Gasteiger partial charge in [-0.25, -0.2) is 4.39 Å². The highest BCUT2D eigenvalue weighted by molar-refractivity contribution is 9.09. The average Bonchev–Trinajstić information content (AvgIpc) is 2.21. The van der Waals surface area contributed by atoms with Gasteiger partial charge in [0.1, 0.15) is 5.82 Å². The quantitative estimate of drug-likeness (QED) is 0.672. The fourth-order valence-corrected chi connectivity index (χ4v) is 2.39. The molecule has 15 heavy (non-hydrogen) atoms. The normalized spacial score (nSPS) is 12.8. The van der Waals surface area contributed by atoms with E-state index in [1.165, 1.54) is 0 Å². The molecule has 0 aliphatic rings. The predicted octanol–water partition coefficient (Wildman–Crippen LogP) is 4.98. The maximum Gasteiger partial charge on any atom is 0.144 e. The summed E-state index contributed by atoms with van der Waals surface area (Å²) in [6.45, 7) is 2.15. The Morgan fingerprint density at radius 3 is 2.80 bits per heavy atom.